The Hall–Kier alpha value is -2.94. The number of hydrogen-bond acceptors (Lipinski definition) is 5. The molecule has 1 aromatic rings. The van der Waals surface area contributed by atoms with Crippen LogP contribution in [0.15, 0.2) is 46.5 Å². The number of benzene rings is 1. The maximum absolute atomic E-state index is 13.7. The number of amidine groups is 1. The molecule has 2 aliphatic heterocycles. The van der Waals surface area contributed by atoms with E-state index in [4.69, 9.17) is 9.73 Å². The molecule has 2 N–H and O–H groups in total. The molecule has 0 unspecified atom stereocenters. The Kier molecular flexibility index (Phi) is 8.12. The van der Waals surface area contributed by atoms with Crippen LogP contribution in [0.25, 0.3) is 0 Å². The van der Waals surface area contributed by atoms with Crippen LogP contribution in [-0.2, 0) is 14.3 Å². The molecule has 1 aliphatic carbocycles. The van der Waals surface area contributed by atoms with Crippen molar-refractivity contribution in [2.75, 3.05) is 19.7 Å². The zero-order valence-electron chi connectivity index (χ0n) is 24.5. The smallest absolute Gasteiger partial charge is 0.319 e. The molecule has 1 fully saturated rings. The van der Waals surface area contributed by atoms with E-state index in [0.717, 1.165) is 36.0 Å². The summed E-state index contributed by atoms with van der Waals surface area (Å²) in [5.74, 6) is 0.627. The first-order valence-corrected chi connectivity index (χ1v) is 17.6. The third-order valence-corrected chi connectivity index (χ3v) is 12.4. The normalized spacial score (nSPS) is 20.2. The highest BCUT2D eigenvalue weighted by Crippen LogP contribution is 2.55. The van der Waals surface area contributed by atoms with Crippen molar-refractivity contribution in [2.45, 2.75) is 89.6 Å². The number of amides is 3. The topological polar surface area (TPSA) is 100 Å². The molecular formula is C30H44N4O4Si. The number of nitrogens with one attached hydrogen (secondary N) is 2. The van der Waals surface area contributed by atoms with Crippen molar-refractivity contribution in [3.05, 3.63) is 47.0 Å². The maximum atomic E-state index is 13.7. The molecule has 1 saturated carbocycles. The summed E-state index contributed by atoms with van der Waals surface area (Å²) >= 11 is 0. The van der Waals surface area contributed by atoms with E-state index in [0.29, 0.717) is 25.3 Å². The van der Waals surface area contributed by atoms with E-state index < -0.39 is 19.7 Å². The van der Waals surface area contributed by atoms with Crippen LogP contribution in [0.4, 0.5) is 4.79 Å². The number of rotatable bonds is 8. The van der Waals surface area contributed by atoms with Crippen LogP contribution >= 0.6 is 0 Å². The van der Waals surface area contributed by atoms with Gasteiger partial charge >= 0.3 is 12.0 Å². The fraction of sp³-hybridized carbons (Fsp3) is 0.600. The predicted octanol–water partition coefficient (Wildman–Crippen LogP) is 5.21. The van der Waals surface area contributed by atoms with E-state index >= 15 is 0 Å². The zero-order valence-corrected chi connectivity index (χ0v) is 25.5. The Morgan fingerprint density at radius 3 is 2.33 bits per heavy atom. The fourth-order valence-corrected chi connectivity index (χ4v) is 8.56. The van der Waals surface area contributed by atoms with Crippen molar-refractivity contribution in [1.29, 1.82) is 0 Å². The summed E-state index contributed by atoms with van der Waals surface area (Å²) in [5.41, 5.74) is 2.29. The van der Waals surface area contributed by atoms with E-state index in [1.807, 2.05) is 58.0 Å². The number of hydrogen-bond donors (Lipinski definition) is 2. The molecule has 4 rings (SSSR count). The van der Waals surface area contributed by atoms with Crippen molar-refractivity contribution < 1.29 is 19.1 Å². The van der Waals surface area contributed by atoms with Crippen molar-refractivity contribution in [3.8, 4) is 0 Å². The Balaban J connectivity index is 1.46. The van der Waals surface area contributed by atoms with Gasteiger partial charge in [-0.25, -0.2) is 4.79 Å². The second kappa shape index (κ2) is 10.9. The molecule has 0 saturated heterocycles. The minimum Gasteiger partial charge on any atom is -0.463 e. The number of urea groups is 1. The summed E-state index contributed by atoms with van der Waals surface area (Å²) in [6.45, 7) is 15.7. The summed E-state index contributed by atoms with van der Waals surface area (Å²) in [4.78, 5) is 45.9. The average molecular weight is 553 g/mol. The van der Waals surface area contributed by atoms with Crippen molar-refractivity contribution in [1.82, 2.24) is 15.5 Å². The second-order valence-electron chi connectivity index (χ2n) is 13.1. The Morgan fingerprint density at radius 1 is 1.10 bits per heavy atom. The van der Waals surface area contributed by atoms with Gasteiger partial charge in [0.15, 0.2) is 0 Å². The van der Waals surface area contributed by atoms with Gasteiger partial charge in [-0.1, -0.05) is 70.2 Å². The molecule has 0 radical (unpaired) electrons. The quantitative estimate of drug-likeness (QED) is 0.342. The van der Waals surface area contributed by atoms with Gasteiger partial charge in [0.2, 0.25) is 5.91 Å². The monoisotopic (exact) mass is 552 g/mol. The van der Waals surface area contributed by atoms with E-state index in [1.54, 1.807) is 4.90 Å². The molecule has 212 valence electrons. The van der Waals surface area contributed by atoms with Gasteiger partial charge in [0, 0.05) is 17.0 Å². The molecule has 9 heteroatoms. The lowest BCUT2D eigenvalue weighted by Crippen LogP contribution is -2.55. The van der Waals surface area contributed by atoms with Crippen LogP contribution in [0.2, 0.25) is 24.7 Å². The first-order valence-electron chi connectivity index (χ1n) is 14.1. The summed E-state index contributed by atoms with van der Waals surface area (Å²) in [5, 5.41) is 6.04. The second-order valence-corrected chi connectivity index (χ2v) is 18.6. The van der Waals surface area contributed by atoms with Crippen molar-refractivity contribution in [2.24, 2.45) is 10.9 Å². The molecule has 0 bridgehead atoms. The standard InChI is InChI=1S/C30H44N4O4Si/c1-20(2)16-25(35)38-19-24(21-12-9-8-10-13-21)32-28(37)34-18-22-23(29(34,3)4)17-31-26(22)33-27(36)30(14-11-15-30)39(5,6)7/h8-10,12-13,20,24H,11,14-19H2,1-7H3,(H,32,37)(H,31,33,36)/t24-/m1/s1. The number of nitrogens with zero attached hydrogens (tertiary/aromatic N) is 2. The summed E-state index contributed by atoms with van der Waals surface area (Å²) < 4.78 is 5.55. The summed E-state index contributed by atoms with van der Waals surface area (Å²) in [6, 6.07) is 8.83. The predicted molar refractivity (Wildman–Crippen MR) is 156 cm³/mol. The van der Waals surface area contributed by atoms with Crippen molar-refractivity contribution >= 4 is 31.8 Å². The highest BCUT2D eigenvalue weighted by atomic mass is 28.3. The van der Waals surface area contributed by atoms with Crippen LogP contribution in [0.3, 0.4) is 0 Å². The zero-order chi connectivity index (χ0) is 28.6. The largest absolute Gasteiger partial charge is 0.463 e. The Morgan fingerprint density at radius 2 is 1.77 bits per heavy atom. The average Bonchev–Trinajstić information content (AvgIpc) is 3.32. The van der Waals surface area contributed by atoms with Crippen LogP contribution in [0.1, 0.15) is 65.0 Å². The van der Waals surface area contributed by atoms with Gasteiger partial charge in [0.1, 0.15) is 12.4 Å². The Bertz CT molecular complexity index is 1180. The lowest BCUT2D eigenvalue weighted by molar-refractivity contribution is -0.145. The van der Waals surface area contributed by atoms with Gasteiger partial charge in [0.25, 0.3) is 0 Å². The van der Waals surface area contributed by atoms with Gasteiger partial charge in [0.05, 0.1) is 32.7 Å². The van der Waals surface area contributed by atoms with Gasteiger partial charge in [-0.15, -0.1) is 0 Å². The van der Waals surface area contributed by atoms with E-state index in [2.05, 4.69) is 30.3 Å². The molecule has 39 heavy (non-hydrogen) atoms. The first kappa shape index (κ1) is 29.0. The van der Waals surface area contributed by atoms with Crippen LogP contribution < -0.4 is 10.6 Å². The van der Waals surface area contributed by atoms with Crippen LogP contribution in [0, 0.1) is 5.92 Å². The number of esters is 1. The number of carbonyl (C=O) groups excluding carboxylic acids is 3. The lowest BCUT2D eigenvalue weighted by Gasteiger charge is -2.49. The summed E-state index contributed by atoms with van der Waals surface area (Å²) in [7, 11) is -1.72. The molecule has 2 heterocycles. The number of ether oxygens (including phenoxy) is 1. The van der Waals surface area contributed by atoms with Gasteiger partial charge in [-0.05, 0) is 43.7 Å². The van der Waals surface area contributed by atoms with E-state index in [9.17, 15) is 14.4 Å². The Labute approximate surface area is 233 Å². The highest BCUT2D eigenvalue weighted by molar-refractivity contribution is 6.82. The van der Waals surface area contributed by atoms with Crippen LogP contribution in [0.5, 0.6) is 0 Å². The maximum Gasteiger partial charge on any atom is 0.319 e. The molecule has 0 spiro atoms. The van der Waals surface area contributed by atoms with E-state index in [1.165, 1.54) is 0 Å². The molecular weight excluding hydrogens is 508 g/mol. The minimum absolute atomic E-state index is 0.0598. The first-order chi connectivity index (χ1) is 18.3. The SMILES string of the molecule is CC(C)CC(=O)OC[C@@H](NC(=O)N1CC2=C(CN=C2NC(=O)C2([Si](C)(C)C)CCC2)C1(C)C)c1ccccc1. The molecule has 3 amide bonds. The molecule has 1 aromatic carbocycles. The summed E-state index contributed by atoms with van der Waals surface area (Å²) in [6.07, 6.45) is 3.30. The molecule has 8 nitrogen and oxygen atoms in total. The lowest BCUT2D eigenvalue weighted by atomic mass is 9.83. The van der Waals surface area contributed by atoms with Crippen LogP contribution in [-0.4, -0.2) is 62.0 Å². The van der Waals surface area contributed by atoms with E-state index in [-0.39, 0.29) is 35.5 Å². The van der Waals surface area contributed by atoms with Gasteiger partial charge in [-0.3, -0.25) is 14.6 Å². The highest BCUT2D eigenvalue weighted by Gasteiger charge is 2.54. The fourth-order valence-electron chi connectivity index (χ4n) is 5.96. The third-order valence-electron chi connectivity index (χ3n) is 8.81. The van der Waals surface area contributed by atoms with Gasteiger partial charge in [-0.2, -0.15) is 0 Å². The number of aliphatic imine (C=N–C) groups is 1. The van der Waals surface area contributed by atoms with Crippen molar-refractivity contribution in [3.63, 3.8) is 0 Å². The molecule has 0 aromatic heterocycles. The third kappa shape index (κ3) is 5.69. The van der Waals surface area contributed by atoms with Gasteiger partial charge < -0.3 is 20.3 Å². The minimum atomic E-state index is -1.72. The molecule has 3 aliphatic rings. The number of carbonyl (C=O) groups is 3. The molecule has 1 atom stereocenters.